The Balaban J connectivity index is 1.97. The topological polar surface area (TPSA) is 81.2 Å². The van der Waals surface area contributed by atoms with Crippen molar-refractivity contribution in [2.45, 2.75) is 25.8 Å². The number of hydrogen-bond acceptors (Lipinski definition) is 3. The van der Waals surface area contributed by atoms with Crippen LogP contribution in [-0.4, -0.2) is 33.0 Å². The van der Waals surface area contributed by atoms with Gasteiger partial charge >= 0.3 is 11.8 Å². The number of hydrogen-bond donors (Lipinski definition) is 1. The molecule has 0 bridgehead atoms. The molecule has 1 aliphatic heterocycles. The molecule has 0 spiro atoms. The van der Waals surface area contributed by atoms with Crippen LogP contribution in [0.2, 0.25) is 0 Å². The van der Waals surface area contributed by atoms with E-state index in [9.17, 15) is 9.59 Å². The first-order valence-electron chi connectivity index (χ1n) is 7.49. The zero-order chi connectivity index (χ0) is 15.9. The van der Waals surface area contributed by atoms with E-state index < -0.39 is 11.8 Å². The summed E-state index contributed by atoms with van der Waals surface area (Å²) in [5.74, 6) is -1.12. The summed E-state index contributed by atoms with van der Waals surface area (Å²) in [6, 6.07) is 5.90. The number of primary amides is 1. The van der Waals surface area contributed by atoms with Gasteiger partial charge in [-0.05, 0) is 30.4 Å². The number of nitrogens with two attached hydrogens (primary N) is 1. The number of aryl methyl sites for hydroxylation is 1. The third-order valence-corrected chi connectivity index (χ3v) is 4.32. The highest BCUT2D eigenvalue weighted by atomic mass is 16.2. The van der Waals surface area contributed by atoms with Gasteiger partial charge in [0.2, 0.25) is 0 Å². The van der Waals surface area contributed by atoms with Crippen LogP contribution in [0.5, 0.6) is 0 Å². The maximum Gasteiger partial charge on any atom is 0.312 e. The standard InChI is InChI=1S/C16H20N4O2/c1-10-3-6-14(20(8-10)16(22)15(17)21)11-4-5-12-9-19(2)18-13(12)7-11/h4-5,7,9-10,14H,3,6,8H2,1-2H3,(H2,17,21)/t10-,14?/m0/s1. The van der Waals surface area contributed by atoms with Crippen LogP contribution in [0.15, 0.2) is 24.4 Å². The average Bonchev–Trinajstić information content (AvgIpc) is 2.85. The van der Waals surface area contributed by atoms with Crippen molar-refractivity contribution in [2.75, 3.05) is 6.54 Å². The first-order chi connectivity index (χ1) is 10.5. The molecule has 6 nitrogen and oxygen atoms in total. The van der Waals surface area contributed by atoms with E-state index in [-0.39, 0.29) is 6.04 Å². The molecular weight excluding hydrogens is 280 g/mol. The molecule has 0 radical (unpaired) electrons. The van der Waals surface area contributed by atoms with Gasteiger partial charge in [-0.25, -0.2) is 0 Å². The second-order valence-corrected chi connectivity index (χ2v) is 6.14. The van der Waals surface area contributed by atoms with Crippen molar-refractivity contribution in [3.8, 4) is 0 Å². The fourth-order valence-electron chi connectivity index (χ4n) is 3.23. The molecule has 2 aromatic rings. The minimum Gasteiger partial charge on any atom is -0.361 e. The van der Waals surface area contributed by atoms with Gasteiger partial charge in [-0.15, -0.1) is 0 Å². The predicted molar refractivity (Wildman–Crippen MR) is 82.8 cm³/mol. The normalized spacial score (nSPS) is 22.0. The highest BCUT2D eigenvalue weighted by Gasteiger charge is 2.33. The molecule has 22 heavy (non-hydrogen) atoms. The van der Waals surface area contributed by atoms with Crippen LogP contribution in [0.4, 0.5) is 0 Å². The second-order valence-electron chi connectivity index (χ2n) is 6.14. The number of benzene rings is 1. The number of carbonyl (C=O) groups is 2. The van der Waals surface area contributed by atoms with Crippen molar-refractivity contribution in [1.29, 1.82) is 0 Å². The van der Waals surface area contributed by atoms with Gasteiger partial charge in [0.25, 0.3) is 0 Å². The Morgan fingerprint density at radius 3 is 2.82 bits per heavy atom. The Hall–Kier alpha value is -2.37. The first kappa shape index (κ1) is 14.6. The number of aromatic nitrogens is 2. The van der Waals surface area contributed by atoms with Gasteiger partial charge in [0.1, 0.15) is 0 Å². The molecule has 2 heterocycles. The zero-order valence-electron chi connectivity index (χ0n) is 12.8. The van der Waals surface area contributed by atoms with Gasteiger partial charge in [-0.1, -0.05) is 19.1 Å². The Morgan fingerprint density at radius 2 is 2.09 bits per heavy atom. The monoisotopic (exact) mass is 300 g/mol. The Kier molecular flexibility index (Phi) is 3.60. The molecule has 2 atom stereocenters. The minimum absolute atomic E-state index is 0.109. The molecule has 1 aromatic heterocycles. The lowest BCUT2D eigenvalue weighted by molar-refractivity contribution is -0.147. The summed E-state index contributed by atoms with van der Waals surface area (Å²) in [6.07, 6.45) is 3.81. The third kappa shape index (κ3) is 2.56. The zero-order valence-corrected chi connectivity index (χ0v) is 12.8. The van der Waals surface area contributed by atoms with Crippen LogP contribution in [0.3, 0.4) is 0 Å². The summed E-state index contributed by atoms with van der Waals surface area (Å²) in [6.45, 7) is 2.64. The number of piperidine rings is 1. The van der Waals surface area contributed by atoms with E-state index in [4.69, 9.17) is 5.73 Å². The van der Waals surface area contributed by atoms with Crippen LogP contribution in [-0.2, 0) is 16.6 Å². The van der Waals surface area contributed by atoms with Gasteiger partial charge < -0.3 is 10.6 Å². The summed E-state index contributed by atoms with van der Waals surface area (Å²) in [7, 11) is 1.88. The summed E-state index contributed by atoms with van der Waals surface area (Å²) in [4.78, 5) is 25.1. The number of carbonyl (C=O) groups excluding carboxylic acids is 2. The molecule has 0 aliphatic carbocycles. The van der Waals surface area contributed by atoms with E-state index in [1.165, 1.54) is 0 Å². The smallest absolute Gasteiger partial charge is 0.312 e. The van der Waals surface area contributed by atoms with E-state index in [1.54, 1.807) is 9.58 Å². The quantitative estimate of drug-likeness (QED) is 0.807. The summed E-state index contributed by atoms with van der Waals surface area (Å²) < 4.78 is 1.77. The maximum absolute atomic E-state index is 12.1. The number of fused-ring (bicyclic) bond motifs is 1. The van der Waals surface area contributed by atoms with Crippen molar-refractivity contribution < 1.29 is 9.59 Å². The molecule has 1 fully saturated rings. The van der Waals surface area contributed by atoms with Crippen molar-refractivity contribution in [1.82, 2.24) is 14.7 Å². The van der Waals surface area contributed by atoms with E-state index in [0.717, 1.165) is 29.3 Å². The molecule has 0 saturated carbocycles. The number of rotatable bonds is 1. The molecule has 2 N–H and O–H groups in total. The molecule has 1 unspecified atom stereocenters. The van der Waals surface area contributed by atoms with Crippen LogP contribution >= 0.6 is 0 Å². The molecule has 3 rings (SSSR count). The van der Waals surface area contributed by atoms with Gasteiger partial charge in [-0.3, -0.25) is 14.3 Å². The first-order valence-corrected chi connectivity index (χ1v) is 7.49. The van der Waals surface area contributed by atoms with E-state index in [1.807, 2.05) is 31.4 Å². The highest BCUT2D eigenvalue weighted by Crippen LogP contribution is 2.34. The number of likely N-dealkylation sites (tertiary alicyclic amines) is 1. The Labute approximate surface area is 128 Å². The summed E-state index contributed by atoms with van der Waals surface area (Å²) >= 11 is 0. The lowest BCUT2D eigenvalue weighted by Gasteiger charge is -2.38. The van der Waals surface area contributed by atoms with Crippen LogP contribution in [0.25, 0.3) is 10.9 Å². The van der Waals surface area contributed by atoms with E-state index >= 15 is 0 Å². The summed E-state index contributed by atoms with van der Waals surface area (Å²) in [5, 5.41) is 5.47. The highest BCUT2D eigenvalue weighted by molar-refractivity contribution is 6.34. The lowest BCUT2D eigenvalue weighted by Crippen LogP contribution is -2.46. The molecule has 1 aromatic carbocycles. The van der Waals surface area contributed by atoms with Gasteiger partial charge in [0.05, 0.1) is 11.6 Å². The molecule has 1 aliphatic rings. The molecular formula is C16H20N4O2. The van der Waals surface area contributed by atoms with Crippen molar-refractivity contribution >= 4 is 22.7 Å². The van der Waals surface area contributed by atoms with Crippen molar-refractivity contribution in [3.63, 3.8) is 0 Å². The van der Waals surface area contributed by atoms with Crippen LogP contribution in [0.1, 0.15) is 31.4 Å². The van der Waals surface area contributed by atoms with Crippen LogP contribution < -0.4 is 5.73 Å². The van der Waals surface area contributed by atoms with E-state index in [0.29, 0.717) is 12.5 Å². The second kappa shape index (κ2) is 5.44. The summed E-state index contributed by atoms with van der Waals surface area (Å²) in [5.41, 5.74) is 7.10. The van der Waals surface area contributed by atoms with Gasteiger partial charge in [0, 0.05) is 25.2 Å². The average molecular weight is 300 g/mol. The SMILES string of the molecule is C[C@H]1CCC(c2ccc3cn(C)nc3c2)N(C(=O)C(N)=O)C1. The maximum atomic E-state index is 12.1. The minimum atomic E-state index is -0.891. The molecule has 6 heteroatoms. The number of nitrogens with zero attached hydrogens (tertiary/aromatic N) is 3. The molecule has 2 amide bonds. The van der Waals surface area contributed by atoms with Crippen molar-refractivity contribution in [3.05, 3.63) is 30.0 Å². The Bertz CT molecular complexity index is 737. The predicted octanol–water partition coefficient (Wildman–Crippen LogP) is 1.36. The fourth-order valence-corrected chi connectivity index (χ4v) is 3.23. The molecule has 1 saturated heterocycles. The van der Waals surface area contributed by atoms with Crippen molar-refractivity contribution in [2.24, 2.45) is 18.7 Å². The van der Waals surface area contributed by atoms with Crippen LogP contribution in [0, 0.1) is 5.92 Å². The van der Waals surface area contributed by atoms with Gasteiger partial charge in [0.15, 0.2) is 0 Å². The Morgan fingerprint density at radius 1 is 1.32 bits per heavy atom. The fraction of sp³-hybridized carbons (Fsp3) is 0.438. The van der Waals surface area contributed by atoms with Gasteiger partial charge in [-0.2, -0.15) is 5.10 Å². The number of amides is 2. The van der Waals surface area contributed by atoms with E-state index in [2.05, 4.69) is 12.0 Å². The molecule has 116 valence electrons. The lowest BCUT2D eigenvalue weighted by atomic mass is 9.89. The third-order valence-electron chi connectivity index (χ3n) is 4.32. The largest absolute Gasteiger partial charge is 0.361 e.